The van der Waals surface area contributed by atoms with Gasteiger partial charge < -0.3 is 9.84 Å². The maximum atomic E-state index is 9.78. The molecule has 0 aliphatic carbocycles. The van der Waals surface area contributed by atoms with E-state index in [1.165, 1.54) is 11.3 Å². The summed E-state index contributed by atoms with van der Waals surface area (Å²) in [5.74, 6) is 0.982. The molecule has 4 nitrogen and oxygen atoms in total. The van der Waals surface area contributed by atoms with Crippen LogP contribution in [-0.4, -0.2) is 23.4 Å². The van der Waals surface area contributed by atoms with Crippen molar-refractivity contribution in [3.63, 3.8) is 0 Å². The Morgan fingerprint density at radius 2 is 2.14 bits per heavy atom. The number of thiazole rings is 1. The number of ether oxygens (including phenoxy) is 1. The zero-order valence-corrected chi connectivity index (χ0v) is 13.5. The Morgan fingerprint density at radius 3 is 2.95 bits per heavy atom. The molecule has 106 valence electrons. The minimum atomic E-state index is 0.185. The van der Waals surface area contributed by atoms with E-state index in [0.717, 1.165) is 20.4 Å². The summed E-state index contributed by atoms with van der Waals surface area (Å²) in [6.45, 7) is 0. The smallest absolute Gasteiger partial charge is 0.210 e. The molecule has 0 aliphatic heterocycles. The number of aliphatic imine (C=N–C) groups is 1. The van der Waals surface area contributed by atoms with Crippen LogP contribution in [0.1, 0.15) is 5.56 Å². The second kappa shape index (κ2) is 5.83. The summed E-state index contributed by atoms with van der Waals surface area (Å²) >= 11 is 4.84. The zero-order valence-electron chi connectivity index (χ0n) is 11.1. The van der Waals surface area contributed by atoms with Gasteiger partial charge in [0.2, 0.25) is 5.13 Å². The van der Waals surface area contributed by atoms with Crippen molar-refractivity contribution >= 4 is 48.8 Å². The van der Waals surface area contributed by atoms with Gasteiger partial charge in [-0.3, -0.25) is 0 Å². The van der Waals surface area contributed by atoms with Crippen molar-refractivity contribution < 1.29 is 9.84 Å². The van der Waals surface area contributed by atoms with Crippen LogP contribution in [0, 0.1) is 0 Å². The second-order valence-corrected chi connectivity index (χ2v) is 6.22. The molecule has 0 fully saturated rings. The van der Waals surface area contributed by atoms with E-state index in [-0.39, 0.29) is 5.75 Å². The Balaban J connectivity index is 1.94. The van der Waals surface area contributed by atoms with E-state index in [1.54, 1.807) is 31.5 Å². The Kier molecular flexibility index (Phi) is 3.90. The Hall–Kier alpha value is -1.92. The predicted molar refractivity (Wildman–Crippen MR) is 89.2 cm³/mol. The molecule has 0 unspecified atom stereocenters. The number of methoxy groups -OCH3 is 1. The molecule has 1 N–H and O–H groups in total. The zero-order chi connectivity index (χ0) is 14.8. The highest BCUT2D eigenvalue weighted by molar-refractivity contribution is 9.10. The van der Waals surface area contributed by atoms with Crippen molar-refractivity contribution in [2.45, 2.75) is 0 Å². The van der Waals surface area contributed by atoms with Crippen molar-refractivity contribution in [3.05, 3.63) is 46.4 Å². The minimum absolute atomic E-state index is 0.185. The highest BCUT2D eigenvalue weighted by Crippen LogP contribution is 2.31. The van der Waals surface area contributed by atoms with Crippen LogP contribution in [0.3, 0.4) is 0 Å². The minimum Gasteiger partial charge on any atom is -0.507 e. The summed E-state index contributed by atoms with van der Waals surface area (Å²) in [5.41, 5.74) is 1.52. The second-order valence-electron chi connectivity index (χ2n) is 4.29. The molecule has 0 spiro atoms. The number of hydrogen-bond donors (Lipinski definition) is 1. The number of rotatable bonds is 3. The molecular formula is C15H11BrN2O2S. The van der Waals surface area contributed by atoms with Gasteiger partial charge in [-0.1, -0.05) is 27.3 Å². The van der Waals surface area contributed by atoms with Crippen molar-refractivity contribution in [2.24, 2.45) is 4.99 Å². The third kappa shape index (κ3) is 3.06. The maximum absolute atomic E-state index is 9.78. The van der Waals surface area contributed by atoms with Crippen LogP contribution in [-0.2, 0) is 0 Å². The van der Waals surface area contributed by atoms with Gasteiger partial charge in [0.05, 0.1) is 17.3 Å². The third-order valence-electron chi connectivity index (χ3n) is 2.89. The topological polar surface area (TPSA) is 54.7 Å². The molecule has 3 rings (SSSR count). The molecule has 21 heavy (non-hydrogen) atoms. The molecule has 0 atom stereocenters. The highest BCUT2D eigenvalue weighted by Gasteiger charge is 2.04. The molecule has 1 heterocycles. The molecule has 0 radical (unpaired) electrons. The van der Waals surface area contributed by atoms with Crippen LogP contribution in [0.2, 0.25) is 0 Å². The molecule has 0 aliphatic rings. The van der Waals surface area contributed by atoms with Gasteiger partial charge in [-0.05, 0) is 36.4 Å². The predicted octanol–water partition coefficient (Wildman–Crippen LogP) is 4.52. The molecule has 0 saturated heterocycles. The van der Waals surface area contributed by atoms with E-state index in [0.29, 0.717) is 10.7 Å². The Morgan fingerprint density at radius 1 is 1.29 bits per heavy atom. The summed E-state index contributed by atoms with van der Waals surface area (Å²) in [4.78, 5) is 8.76. The first kappa shape index (κ1) is 14.0. The number of nitrogens with zero attached hydrogens (tertiary/aromatic N) is 2. The Labute approximate surface area is 133 Å². The van der Waals surface area contributed by atoms with E-state index in [4.69, 9.17) is 4.74 Å². The van der Waals surface area contributed by atoms with Gasteiger partial charge in [0.1, 0.15) is 11.5 Å². The summed E-state index contributed by atoms with van der Waals surface area (Å²) in [6, 6.07) is 10.9. The summed E-state index contributed by atoms with van der Waals surface area (Å²) in [6.07, 6.45) is 1.61. The first-order valence-corrected chi connectivity index (χ1v) is 7.74. The number of aromatic nitrogens is 1. The van der Waals surface area contributed by atoms with Crippen LogP contribution < -0.4 is 4.74 Å². The first-order valence-electron chi connectivity index (χ1n) is 6.13. The average Bonchev–Trinajstić information content (AvgIpc) is 2.89. The van der Waals surface area contributed by atoms with Crippen molar-refractivity contribution in [3.8, 4) is 11.5 Å². The first-order chi connectivity index (χ1) is 10.2. The largest absolute Gasteiger partial charge is 0.507 e. The lowest BCUT2D eigenvalue weighted by Crippen LogP contribution is -1.82. The number of phenolic OH excluding ortho intramolecular Hbond substituents is 1. The molecule has 1 aromatic heterocycles. The number of hydrogen-bond acceptors (Lipinski definition) is 5. The normalized spacial score (nSPS) is 11.3. The quantitative estimate of drug-likeness (QED) is 0.696. The van der Waals surface area contributed by atoms with E-state index in [9.17, 15) is 5.11 Å². The van der Waals surface area contributed by atoms with Crippen LogP contribution in [0.4, 0.5) is 5.13 Å². The van der Waals surface area contributed by atoms with Gasteiger partial charge in [-0.15, -0.1) is 0 Å². The number of aromatic hydroxyl groups is 1. The van der Waals surface area contributed by atoms with Crippen molar-refractivity contribution in [1.82, 2.24) is 4.98 Å². The van der Waals surface area contributed by atoms with E-state index >= 15 is 0 Å². The number of benzene rings is 2. The molecule has 0 amide bonds. The number of halogens is 1. The van der Waals surface area contributed by atoms with Gasteiger partial charge >= 0.3 is 0 Å². The summed E-state index contributed by atoms with van der Waals surface area (Å²) in [5, 5.41) is 10.4. The Bertz CT molecular complexity index is 830. The fraction of sp³-hybridized carbons (Fsp3) is 0.0667. The van der Waals surface area contributed by atoms with Crippen molar-refractivity contribution in [1.29, 1.82) is 0 Å². The monoisotopic (exact) mass is 362 g/mol. The third-order valence-corrected chi connectivity index (χ3v) is 4.31. The van der Waals surface area contributed by atoms with Crippen LogP contribution in [0.15, 0.2) is 45.9 Å². The number of phenols is 1. The van der Waals surface area contributed by atoms with Gasteiger partial charge in [0.25, 0.3) is 0 Å². The van der Waals surface area contributed by atoms with E-state index in [2.05, 4.69) is 25.9 Å². The lowest BCUT2D eigenvalue weighted by molar-refractivity contribution is 0.415. The van der Waals surface area contributed by atoms with Gasteiger partial charge in [0, 0.05) is 16.3 Å². The molecule has 2 aromatic carbocycles. The molecular weight excluding hydrogens is 352 g/mol. The van der Waals surface area contributed by atoms with Gasteiger partial charge in [-0.2, -0.15) is 0 Å². The lowest BCUT2D eigenvalue weighted by atomic mass is 10.2. The van der Waals surface area contributed by atoms with Gasteiger partial charge in [0.15, 0.2) is 0 Å². The van der Waals surface area contributed by atoms with Crippen LogP contribution >= 0.6 is 27.3 Å². The fourth-order valence-corrected chi connectivity index (χ4v) is 3.05. The highest BCUT2D eigenvalue weighted by atomic mass is 79.9. The van der Waals surface area contributed by atoms with Gasteiger partial charge in [-0.25, -0.2) is 9.98 Å². The number of fused-ring (bicyclic) bond motifs is 1. The van der Waals surface area contributed by atoms with Crippen LogP contribution in [0.25, 0.3) is 10.2 Å². The molecule has 0 saturated carbocycles. The summed E-state index contributed by atoms with van der Waals surface area (Å²) < 4.78 is 7.09. The van der Waals surface area contributed by atoms with E-state index in [1.807, 2.05) is 18.2 Å². The van der Waals surface area contributed by atoms with Crippen LogP contribution in [0.5, 0.6) is 11.5 Å². The fourth-order valence-electron chi connectivity index (χ4n) is 1.83. The average molecular weight is 363 g/mol. The van der Waals surface area contributed by atoms with Crippen molar-refractivity contribution in [2.75, 3.05) is 7.11 Å². The summed E-state index contributed by atoms with van der Waals surface area (Å²) in [7, 11) is 1.64. The molecule has 3 aromatic rings. The molecule has 6 heteroatoms. The maximum Gasteiger partial charge on any atom is 0.210 e. The SMILES string of the molecule is COc1ccc2nc(N=Cc3cc(Br)ccc3O)sc2c1. The van der Waals surface area contributed by atoms with E-state index < -0.39 is 0 Å². The lowest BCUT2D eigenvalue weighted by Gasteiger charge is -1.97. The standard InChI is InChI=1S/C15H11BrN2O2S/c1-20-11-3-4-12-14(7-11)21-15(18-12)17-8-9-6-10(16)2-5-13(9)19/h2-8,19H,1H3. The molecule has 0 bridgehead atoms.